The number of hydrogen-bond donors (Lipinski definition) is 1. The lowest BCUT2D eigenvalue weighted by Crippen LogP contribution is -2.60. The van der Waals surface area contributed by atoms with Gasteiger partial charge in [0, 0.05) is 45.2 Å². The summed E-state index contributed by atoms with van der Waals surface area (Å²) < 4.78 is 5.08. The Bertz CT molecular complexity index is 533. The van der Waals surface area contributed by atoms with Crippen LogP contribution in [0.25, 0.3) is 0 Å². The molecule has 0 spiro atoms. The van der Waals surface area contributed by atoms with Crippen molar-refractivity contribution in [3.05, 3.63) is 0 Å². The van der Waals surface area contributed by atoms with Gasteiger partial charge in [-0.1, -0.05) is 6.42 Å². The zero-order valence-electron chi connectivity index (χ0n) is 16.9. The summed E-state index contributed by atoms with van der Waals surface area (Å²) >= 11 is 0. The fourth-order valence-corrected chi connectivity index (χ4v) is 5.09. The van der Waals surface area contributed by atoms with Crippen molar-refractivity contribution in [3.8, 4) is 0 Å². The Morgan fingerprint density at radius 2 is 1.74 bits per heavy atom. The number of piperidine rings is 2. The maximum Gasteiger partial charge on any atom is 0.409 e. The number of ether oxygens (including phenoxy) is 1. The number of β-amino-alcohol motifs (C(OH)–C–C–N with tert-alkyl or cyclic N) is 1. The van der Waals surface area contributed by atoms with Crippen molar-refractivity contribution >= 4 is 12.0 Å². The van der Waals surface area contributed by atoms with Crippen LogP contribution in [0.1, 0.15) is 58.8 Å². The van der Waals surface area contributed by atoms with E-state index in [0.717, 1.165) is 45.2 Å². The second-order valence-corrected chi connectivity index (χ2v) is 8.37. The van der Waals surface area contributed by atoms with Crippen LogP contribution < -0.4 is 0 Å². The molecule has 2 atom stereocenters. The molecule has 0 radical (unpaired) electrons. The lowest BCUT2D eigenvalue weighted by atomic mass is 9.86. The van der Waals surface area contributed by atoms with Gasteiger partial charge in [-0.3, -0.25) is 9.69 Å². The monoisotopic (exact) mass is 381 g/mol. The van der Waals surface area contributed by atoms with E-state index in [1.54, 1.807) is 11.8 Å². The molecule has 0 aromatic carbocycles. The summed E-state index contributed by atoms with van der Waals surface area (Å²) in [5.74, 6) is 0.176. The second kappa shape index (κ2) is 8.78. The van der Waals surface area contributed by atoms with Gasteiger partial charge in [0.15, 0.2) is 0 Å². The number of amides is 2. The van der Waals surface area contributed by atoms with Crippen LogP contribution in [0, 0.1) is 0 Å². The molecule has 3 aliphatic heterocycles. The normalized spacial score (nSPS) is 29.0. The van der Waals surface area contributed by atoms with Gasteiger partial charge in [-0.2, -0.15) is 0 Å². The highest BCUT2D eigenvalue weighted by Crippen LogP contribution is 2.32. The van der Waals surface area contributed by atoms with E-state index in [-0.39, 0.29) is 18.0 Å². The minimum Gasteiger partial charge on any atom is -0.450 e. The van der Waals surface area contributed by atoms with Crippen LogP contribution in [0.4, 0.5) is 4.79 Å². The van der Waals surface area contributed by atoms with Gasteiger partial charge in [-0.05, 0) is 52.0 Å². The number of aliphatic hydroxyl groups is 1. The van der Waals surface area contributed by atoms with Crippen molar-refractivity contribution in [2.45, 2.75) is 76.5 Å². The summed E-state index contributed by atoms with van der Waals surface area (Å²) in [6, 6.07) is 0.624. The highest BCUT2D eigenvalue weighted by atomic mass is 16.6. The molecular weight excluding hydrogens is 346 g/mol. The molecule has 0 aromatic rings. The van der Waals surface area contributed by atoms with E-state index < -0.39 is 5.60 Å². The van der Waals surface area contributed by atoms with Crippen LogP contribution in [-0.2, 0) is 9.53 Å². The zero-order chi connectivity index (χ0) is 19.4. The average Bonchev–Trinajstić information content (AvgIpc) is 2.85. The predicted molar refractivity (Wildman–Crippen MR) is 102 cm³/mol. The summed E-state index contributed by atoms with van der Waals surface area (Å²) in [5, 5.41) is 11.2. The third-order valence-electron chi connectivity index (χ3n) is 6.53. The molecule has 27 heavy (non-hydrogen) atoms. The van der Waals surface area contributed by atoms with Gasteiger partial charge in [-0.25, -0.2) is 4.79 Å². The number of carbonyl (C=O) groups excluding carboxylic acids is 2. The zero-order valence-corrected chi connectivity index (χ0v) is 16.9. The van der Waals surface area contributed by atoms with E-state index in [2.05, 4.69) is 9.80 Å². The number of rotatable bonds is 3. The smallest absolute Gasteiger partial charge is 0.409 e. The molecule has 0 unspecified atom stereocenters. The summed E-state index contributed by atoms with van der Waals surface area (Å²) in [6.45, 7) is 7.43. The minimum absolute atomic E-state index is 0.176. The number of likely N-dealkylation sites (tertiary alicyclic amines) is 3. The number of nitrogens with zero attached hydrogens (tertiary/aromatic N) is 3. The molecule has 7 nitrogen and oxygen atoms in total. The van der Waals surface area contributed by atoms with E-state index >= 15 is 0 Å². The molecule has 0 bridgehead atoms. The van der Waals surface area contributed by atoms with E-state index in [4.69, 9.17) is 4.74 Å². The van der Waals surface area contributed by atoms with E-state index in [9.17, 15) is 14.7 Å². The predicted octanol–water partition coefficient (Wildman–Crippen LogP) is 1.84. The van der Waals surface area contributed by atoms with Crippen molar-refractivity contribution in [2.75, 3.05) is 39.3 Å². The third kappa shape index (κ3) is 4.74. The molecule has 3 saturated heterocycles. The molecule has 7 heteroatoms. The SMILES string of the molecule is CCOC(=O)N1CCC(O)(CN2CCC[C@@H]3[C@H]2CCCCN3C(C)=O)CC1. The fraction of sp³-hybridized carbons (Fsp3) is 0.900. The topological polar surface area (TPSA) is 73.3 Å². The van der Waals surface area contributed by atoms with Gasteiger partial charge in [0.1, 0.15) is 0 Å². The first-order chi connectivity index (χ1) is 12.9. The van der Waals surface area contributed by atoms with Gasteiger partial charge in [-0.15, -0.1) is 0 Å². The van der Waals surface area contributed by atoms with Gasteiger partial charge in [0.2, 0.25) is 5.91 Å². The number of fused-ring (bicyclic) bond motifs is 1. The standard InChI is InChI=1S/C20H35N3O4/c1-3-27-19(25)21-13-9-20(26,10-14-21)15-22-11-6-8-18-17(22)7-4-5-12-23(18)16(2)24/h17-18,26H,3-15H2,1-2H3/t17-,18-/m1/s1. The van der Waals surface area contributed by atoms with Crippen LogP contribution in [-0.4, -0.2) is 88.8 Å². The van der Waals surface area contributed by atoms with Crippen molar-refractivity contribution in [1.82, 2.24) is 14.7 Å². The van der Waals surface area contributed by atoms with E-state index in [0.29, 0.717) is 45.1 Å². The Morgan fingerprint density at radius 3 is 2.41 bits per heavy atom. The first-order valence-corrected chi connectivity index (χ1v) is 10.6. The van der Waals surface area contributed by atoms with Crippen molar-refractivity contribution in [2.24, 2.45) is 0 Å². The lowest BCUT2D eigenvalue weighted by Gasteiger charge is -2.48. The van der Waals surface area contributed by atoms with Crippen LogP contribution in [0.3, 0.4) is 0 Å². The number of hydrogen-bond acceptors (Lipinski definition) is 5. The Kier molecular flexibility index (Phi) is 6.63. The van der Waals surface area contributed by atoms with Crippen LogP contribution >= 0.6 is 0 Å². The van der Waals surface area contributed by atoms with Crippen LogP contribution in [0.2, 0.25) is 0 Å². The molecule has 0 aromatic heterocycles. The van der Waals surface area contributed by atoms with E-state index in [1.165, 1.54) is 0 Å². The molecule has 3 aliphatic rings. The summed E-state index contributed by atoms with van der Waals surface area (Å²) in [5.41, 5.74) is -0.766. The average molecular weight is 382 g/mol. The van der Waals surface area contributed by atoms with Gasteiger partial charge in [0.05, 0.1) is 12.2 Å². The van der Waals surface area contributed by atoms with Gasteiger partial charge in [0.25, 0.3) is 0 Å². The Balaban J connectivity index is 1.62. The summed E-state index contributed by atoms with van der Waals surface area (Å²) in [4.78, 5) is 30.2. The Labute approximate surface area is 162 Å². The van der Waals surface area contributed by atoms with Crippen molar-refractivity contribution < 1.29 is 19.4 Å². The molecule has 3 rings (SSSR count). The molecule has 0 saturated carbocycles. The summed E-state index contributed by atoms with van der Waals surface area (Å²) in [6.07, 6.45) is 6.31. The molecule has 0 aliphatic carbocycles. The maximum atomic E-state index is 12.1. The third-order valence-corrected chi connectivity index (χ3v) is 6.53. The summed E-state index contributed by atoms with van der Waals surface area (Å²) in [7, 11) is 0. The first-order valence-electron chi connectivity index (χ1n) is 10.6. The quantitative estimate of drug-likeness (QED) is 0.807. The van der Waals surface area contributed by atoms with Gasteiger partial charge >= 0.3 is 6.09 Å². The first kappa shape index (κ1) is 20.4. The molecule has 2 amide bonds. The van der Waals surface area contributed by atoms with Crippen LogP contribution in [0.5, 0.6) is 0 Å². The second-order valence-electron chi connectivity index (χ2n) is 8.37. The number of carbonyl (C=O) groups is 2. The highest BCUT2D eigenvalue weighted by Gasteiger charge is 2.42. The lowest BCUT2D eigenvalue weighted by molar-refractivity contribution is -0.134. The van der Waals surface area contributed by atoms with Crippen molar-refractivity contribution in [3.63, 3.8) is 0 Å². The maximum absolute atomic E-state index is 12.1. The fourth-order valence-electron chi connectivity index (χ4n) is 5.09. The van der Waals surface area contributed by atoms with Crippen molar-refractivity contribution in [1.29, 1.82) is 0 Å². The molecule has 3 fully saturated rings. The Morgan fingerprint density at radius 1 is 1.04 bits per heavy atom. The highest BCUT2D eigenvalue weighted by molar-refractivity contribution is 5.73. The molecule has 154 valence electrons. The van der Waals surface area contributed by atoms with Gasteiger partial charge < -0.3 is 19.6 Å². The van der Waals surface area contributed by atoms with E-state index in [1.807, 2.05) is 6.92 Å². The largest absolute Gasteiger partial charge is 0.450 e. The molecule has 3 heterocycles. The minimum atomic E-state index is -0.766. The van der Waals surface area contributed by atoms with Crippen LogP contribution in [0.15, 0.2) is 0 Å². The Hall–Kier alpha value is -1.34. The molecule has 1 N–H and O–H groups in total. The molecular formula is C20H35N3O4.